The van der Waals surface area contributed by atoms with Crippen LogP contribution < -0.4 is 5.56 Å². The predicted molar refractivity (Wildman–Crippen MR) is 107 cm³/mol. The van der Waals surface area contributed by atoms with Crippen molar-refractivity contribution in [3.8, 4) is 0 Å². The molecule has 0 unspecified atom stereocenters. The van der Waals surface area contributed by atoms with Crippen molar-refractivity contribution in [1.29, 1.82) is 0 Å². The molecule has 0 saturated heterocycles. The maximum absolute atomic E-state index is 12.8. The van der Waals surface area contributed by atoms with Crippen molar-refractivity contribution in [3.63, 3.8) is 0 Å². The molecule has 4 nitrogen and oxygen atoms in total. The molecule has 25 heavy (non-hydrogen) atoms. The molecule has 1 aromatic carbocycles. The number of halogens is 1. The zero-order valence-electron chi connectivity index (χ0n) is 13.9. The van der Waals surface area contributed by atoms with Gasteiger partial charge in [0.25, 0.3) is 5.56 Å². The van der Waals surface area contributed by atoms with Crippen LogP contribution in [0.15, 0.2) is 46.2 Å². The van der Waals surface area contributed by atoms with Gasteiger partial charge in [0.15, 0.2) is 5.16 Å². The summed E-state index contributed by atoms with van der Waals surface area (Å²) in [5.74, 6) is 0.676. The summed E-state index contributed by atoms with van der Waals surface area (Å²) in [7, 11) is 0. The third kappa shape index (κ3) is 4.14. The fourth-order valence-corrected chi connectivity index (χ4v) is 4.53. The highest BCUT2D eigenvalue weighted by Crippen LogP contribution is 2.24. The van der Waals surface area contributed by atoms with Gasteiger partial charge in [0, 0.05) is 22.7 Å². The van der Waals surface area contributed by atoms with Gasteiger partial charge in [-0.2, -0.15) is 0 Å². The molecule has 2 heterocycles. The smallest absolute Gasteiger partial charge is 0.262 e. The van der Waals surface area contributed by atoms with Gasteiger partial charge in [0.1, 0.15) is 0 Å². The Hall–Kier alpha value is -1.63. The standard InChI is InChI=1S/C18H18ClN3OS2/c1-3-5-16-20-13(10-24-16)11-25-18-21-15-9-12(19)6-7-14(15)17(23)22(18)8-4-2/h4,6-7,9-10H,2-3,5,8,11H2,1H3. The predicted octanol–water partition coefficient (Wildman–Crippen LogP) is 4.94. The van der Waals surface area contributed by atoms with E-state index in [0.717, 1.165) is 23.5 Å². The summed E-state index contributed by atoms with van der Waals surface area (Å²) < 4.78 is 1.65. The van der Waals surface area contributed by atoms with Crippen molar-refractivity contribution in [2.45, 2.75) is 37.2 Å². The lowest BCUT2D eigenvalue weighted by Gasteiger charge is -2.11. The van der Waals surface area contributed by atoms with Crippen LogP contribution in [0.1, 0.15) is 24.0 Å². The number of nitrogens with zero attached hydrogens (tertiary/aromatic N) is 3. The number of hydrogen-bond donors (Lipinski definition) is 0. The molecular formula is C18H18ClN3OS2. The number of allylic oxidation sites excluding steroid dienone is 1. The molecular weight excluding hydrogens is 374 g/mol. The third-order valence-corrected chi connectivity index (χ3v) is 5.81. The van der Waals surface area contributed by atoms with E-state index >= 15 is 0 Å². The number of thiazole rings is 1. The first kappa shape index (κ1) is 18.2. The maximum atomic E-state index is 12.8. The van der Waals surface area contributed by atoms with E-state index in [2.05, 4.69) is 28.9 Å². The van der Waals surface area contributed by atoms with Gasteiger partial charge >= 0.3 is 0 Å². The van der Waals surface area contributed by atoms with E-state index < -0.39 is 0 Å². The topological polar surface area (TPSA) is 47.8 Å². The normalized spacial score (nSPS) is 11.1. The molecule has 0 amide bonds. The van der Waals surface area contributed by atoms with E-state index in [1.165, 1.54) is 11.8 Å². The van der Waals surface area contributed by atoms with Crippen LogP contribution >= 0.6 is 34.7 Å². The van der Waals surface area contributed by atoms with Crippen molar-refractivity contribution in [2.24, 2.45) is 0 Å². The molecule has 3 rings (SSSR count). The minimum atomic E-state index is -0.0750. The zero-order chi connectivity index (χ0) is 17.8. The Kier molecular flexibility index (Phi) is 5.93. The van der Waals surface area contributed by atoms with Gasteiger partial charge < -0.3 is 0 Å². The summed E-state index contributed by atoms with van der Waals surface area (Å²) in [6.07, 6.45) is 3.80. The van der Waals surface area contributed by atoms with E-state index in [1.54, 1.807) is 40.2 Å². The monoisotopic (exact) mass is 391 g/mol. The van der Waals surface area contributed by atoms with Gasteiger partial charge in [-0.3, -0.25) is 9.36 Å². The van der Waals surface area contributed by atoms with Crippen molar-refractivity contribution in [2.75, 3.05) is 0 Å². The SMILES string of the molecule is C=CCn1c(SCc2csc(CCC)n2)nc2cc(Cl)ccc2c1=O. The summed E-state index contributed by atoms with van der Waals surface area (Å²) in [5, 5.41) is 5.02. The van der Waals surface area contributed by atoms with Gasteiger partial charge in [-0.15, -0.1) is 17.9 Å². The number of aryl methyl sites for hydroxylation is 1. The molecule has 0 aliphatic heterocycles. The summed E-state index contributed by atoms with van der Waals surface area (Å²) in [4.78, 5) is 22.0. The molecule has 3 aromatic rings. The van der Waals surface area contributed by atoms with Crippen molar-refractivity contribution in [1.82, 2.24) is 14.5 Å². The molecule has 130 valence electrons. The average molecular weight is 392 g/mol. The summed E-state index contributed by atoms with van der Waals surface area (Å²) in [5.41, 5.74) is 1.56. The first-order chi connectivity index (χ1) is 12.1. The molecule has 0 saturated carbocycles. The molecule has 0 radical (unpaired) electrons. The molecule has 0 aliphatic rings. The number of hydrogen-bond acceptors (Lipinski definition) is 5. The molecule has 0 atom stereocenters. The highest BCUT2D eigenvalue weighted by atomic mass is 35.5. The van der Waals surface area contributed by atoms with Crippen LogP contribution in [-0.2, 0) is 18.7 Å². The quantitative estimate of drug-likeness (QED) is 0.325. The van der Waals surface area contributed by atoms with Gasteiger partial charge in [0.05, 0.1) is 21.6 Å². The largest absolute Gasteiger partial charge is 0.283 e. The number of benzene rings is 1. The number of rotatable bonds is 7. The van der Waals surface area contributed by atoms with Crippen LogP contribution in [0.3, 0.4) is 0 Å². The molecule has 0 N–H and O–H groups in total. The Morgan fingerprint density at radius 2 is 2.24 bits per heavy atom. The van der Waals surface area contributed by atoms with Crippen LogP contribution in [0.2, 0.25) is 5.02 Å². The van der Waals surface area contributed by atoms with Gasteiger partial charge in [-0.1, -0.05) is 36.4 Å². The molecule has 7 heteroatoms. The van der Waals surface area contributed by atoms with Crippen LogP contribution in [-0.4, -0.2) is 14.5 Å². The Morgan fingerprint density at radius 1 is 1.40 bits per heavy atom. The van der Waals surface area contributed by atoms with Crippen LogP contribution in [0.5, 0.6) is 0 Å². The van der Waals surface area contributed by atoms with E-state index in [1.807, 2.05) is 0 Å². The maximum Gasteiger partial charge on any atom is 0.262 e. The van der Waals surface area contributed by atoms with E-state index in [0.29, 0.717) is 33.4 Å². The van der Waals surface area contributed by atoms with E-state index in [4.69, 9.17) is 11.6 Å². The Labute approximate surface area is 159 Å². The van der Waals surface area contributed by atoms with Crippen molar-refractivity contribution < 1.29 is 0 Å². The number of fused-ring (bicyclic) bond motifs is 1. The Balaban J connectivity index is 1.94. The second-order valence-electron chi connectivity index (χ2n) is 5.53. The first-order valence-electron chi connectivity index (χ1n) is 7.99. The average Bonchev–Trinajstić information content (AvgIpc) is 3.03. The Morgan fingerprint density at radius 3 is 3.00 bits per heavy atom. The summed E-state index contributed by atoms with van der Waals surface area (Å²) >= 11 is 9.25. The fourth-order valence-electron chi connectivity index (χ4n) is 2.46. The molecule has 0 aliphatic carbocycles. The lowest BCUT2D eigenvalue weighted by molar-refractivity contribution is 0.671. The van der Waals surface area contributed by atoms with E-state index in [-0.39, 0.29) is 5.56 Å². The first-order valence-corrected chi connectivity index (χ1v) is 10.2. The Bertz CT molecular complexity index is 965. The molecule has 0 bridgehead atoms. The second kappa shape index (κ2) is 8.17. The van der Waals surface area contributed by atoms with Crippen molar-refractivity contribution >= 4 is 45.6 Å². The highest BCUT2D eigenvalue weighted by molar-refractivity contribution is 7.98. The number of thioether (sulfide) groups is 1. The molecule has 2 aromatic heterocycles. The van der Waals surface area contributed by atoms with Gasteiger partial charge in [0.2, 0.25) is 0 Å². The highest BCUT2D eigenvalue weighted by Gasteiger charge is 2.12. The van der Waals surface area contributed by atoms with Crippen LogP contribution in [0, 0.1) is 0 Å². The fraction of sp³-hybridized carbons (Fsp3) is 0.278. The van der Waals surface area contributed by atoms with Crippen LogP contribution in [0.25, 0.3) is 10.9 Å². The lowest BCUT2D eigenvalue weighted by atomic mass is 10.2. The minimum Gasteiger partial charge on any atom is -0.283 e. The van der Waals surface area contributed by atoms with E-state index in [9.17, 15) is 4.79 Å². The van der Waals surface area contributed by atoms with Gasteiger partial charge in [-0.25, -0.2) is 9.97 Å². The van der Waals surface area contributed by atoms with Gasteiger partial charge in [-0.05, 0) is 31.0 Å². The number of aromatic nitrogens is 3. The third-order valence-electron chi connectivity index (χ3n) is 3.61. The zero-order valence-corrected chi connectivity index (χ0v) is 16.3. The second-order valence-corrected chi connectivity index (χ2v) is 7.85. The van der Waals surface area contributed by atoms with Crippen LogP contribution in [0.4, 0.5) is 0 Å². The molecule has 0 spiro atoms. The summed E-state index contributed by atoms with van der Waals surface area (Å²) in [6, 6.07) is 5.16. The van der Waals surface area contributed by atoms with Crippen molar-refractivity contribution in [3.05, 3.63) is 62.3 Å². The molecule has 0 fully saturated rings. The summed E-state index contributed by atoms with van der Waals surface area (Å²) in [6.45, 7) is 6.31. The minimum absolute atomic E-state index is 0.0750. The lowest BCUT2D eigenvalue weighted by Crippen LogP contribution is -2.22.